The lowest BCUT2D eigenvalue weighted by atomic mass is 10.1. The van der Waals surface area contributed by atoms with Crippen molar-refractivity contribution in [1.29, 1.82) is 0 Å². The van der Waals surface area contributed by atoms with E-state index >= 15 is 0 Å². The third kappa shape index (κ3) is 4.15. The molecular weight excluding hydrogens is 259 g/mol. The van der Waals surface area contributed by atoms with Gasteiger partial charge in [-0.25, -0.2) is 4.98 Å². The quantitative estimate of drug-likeness (QED) is 0.787. The first-order valence-electron chi connectivity index (χ1n) is 6.57. The average molecular weight is 276 g/mol. The van der Waals surface area contributed by atoms with Crippen LogP contribution in [0.1, 0.15) is 18.9 Å². The van der Waals surface area contributed by atoms with E-state index < -0.39 is 5.82 Å². The molecule has 106 valence electrons. The highest BCUT2D eigenvalue weighted by Gasteiger charge is 2.07. The summed E-state index contributed by atoms with van der Waals surface area (Å²) in [5.41, 5.74) is 1.18. The van der Waals surface area contributed by atoms with Gasteiger partial charge in [-0.05, 0) is 37.5 Å². The number of ether oxygens (including phenoxy) is 1. The molecule has 0 aromatic carbocycles. The van der Waals surface area contributed by atoms with Crippen LogP contribution in [-0.2, 0) is 6.42 Å². The molecule has 0 saturated heterocycles. The monoisotopic (exact) mass is 276 g/mol. The van der Waals surface area contributed by atoms with Gasteiger partial charge in [0.15, 0.2) is 0 Å². The van der Waals surface area contributed by atoms with Crippen LogP contribution in [0.5, 0.6) is 5.88 Å². The molecule has 6 heteroatoms. The van der Waals surface area contributed by atoms with E-state index in [2.05, 4.69) is 20.3 Å². The molecule has 0 spiro atoms. The van der Waals surface area contributed by atoms with Crippen LogP contribution in [-0.4, -0.2) is 28.1 Å². The maximum atomic E-state index is 13.5. The number of aromatic nitrogens is 3. The van der Waals surface area contributed by atoms with Gasteiger partial charge in [0, 0.05) is 18.9 Å². The minimum Gasteiger partial charge on any atom is -0.475 e. The molecule has 0 atom stereocenters. The van der Waals surface area contributed by atoms with E-state index in [0.717, 1.165) is 19.0 Å². The van der Waals surface area contributed by atoms with Crippen molar-refractivity contribution in [3.8, 4) is 5.88 Å². The van der Waals surface area contributed by atoms with Crippen molar-refractivity contribution < 1.29 is 9.13 Å². The van der Waals surface area contributed by atoms with E-state index in [4.69, 9.17) is 4.74 Å². The number of aryl methyl sites for hydroxylation is 1. The highest BCUT2D eigenvalue weighted by Crippen LogP contribution is 2.14. The fourth-order valence-corrected chi connectivity index (χ4v) is 1.69. The summed E-state index contributed by atoms with van der Waals surface area (Å²) in [6.45, 7) is 3.00. The minimum atomic E-state index is -0.546. The standard InChI is InChI=1S/C14H17FN4O/c1-2-17-14-18-10-12(15)13(19-14)20-9-3-4-11-5-7-16-8-6-11/h5-8,10H,2-4,9H2,1H3,(H,17,18,19). The van der Waals surface area contributed by atoms with Crippen LogP contribution >= 0.6 is 0 Å². The number of nitrogens with zero attached hydrogens (tertiary/aromatic N) is 3. The Kier molecular flexibility index (Phi) is 5.23. The van der Waals surface area contributed by atoms with Crippen LogP contribution in [0.4, 0.5) is 10.3 Å². The highest BCUT2D eigenvalue weighted by atomic mass is 19.1. The van der Waals surface area contributed by atoms with E-state index in [-0.39, 0.29) is 5.88 Å². The SMILES string of the molecule is CCNc1ncc(F)c(OCCCc2ccncc2)n1. The number of rotatable bonds is 7. The normalized spacial score (nSPS) is 10.3. The summed E-state index contributed by atoms with van der Waals surface area (Å²) in [7, 11) is 0. The van der Waals surface area contributed by atoms with Gasteiger partial charge in [-0.2, -0.15) is 9.37 Å². The van der Waals surface area contributed by atoms with Crippen molar-refractivity contribution in [2.24, 2.45) is 0 Å². The van der Waals surface area contributed by atoms with Crippen LogP contribution in [0.3, 0.4) is 0 Å². The van der Waals surface area contributed by atoms with Crippen LogP contribution in [0.25, 0.3) is 0 Å². The molecule has 2 aromatic rings. The smallest absolute Gasteiger partial charge is 0.255 e. The molecule has 0 aliphatic rings. The molecule has 2 aromatic heterocycles. The van der Waals surface area contributed by atoms with Crippen molar-refractivity contribution in [2.45, 2.75) is 19.8 Å². The molecule has 0 amide bonds. The van der Waals surface area contributed by atoms with Crippen molar-refractivity contribution in [3.63, 3.8) is 0 Å². The summed E-state index contributed by atoms with van der Waals surface area (Å²) in [6.07, 6.45) is 6.26. The Hall–Kier alpha value is -2.24. The summed E-state index contributed by atoms with van der Waals surface area (Å²) in [4.78, 5) is 11.8. The van der Waals surface area contributed by atoms with Gasteiger partial charge in [0.05, 0.1) is 12.8 Å². The van der Waals surface area contributed by atoms with Gasteiger partial charge in [-0.3, -0.25) is 4.98 Å². The Balaban J connectivity index is 1.83. The Bertz CT molecular complexity index is 536. The molecule has 0 aliphatic carbocycles. The summed E-state index contributed by atoms with van der Waals surface area (Å²) in [6, 6.07) is 3.91. The summed E-state index contributed by atoms with van der Waals surface area (Å²) < 4.78 is 18.8. The maximum absolute atomic E-state index is 13.5. The van der Waals surface area contributed by atoms with Crippen LogP contribution in [0.15, 0.2) is 30.7 Å². The minimum absolute atomic E-state index is 0.00863. The zero-order valence-electron chi connectivity index (χ0n) is 11.3. The molecule has 0 fully saturated rings. The van der Waals surface area contributed by atoms with E-state index in [1.54, 1.807) is 12.4 Å². The third-order valence-electron chi connectivity index (χ3n) is 2.64. The molecule has 2 heterocycles. The molecule has 0 aliphatic heterocycles. The Morgan fingerprint density at radius 3 is 2.85 bits per heavy atom. The van der Waals surface area contributed by atoms with Crippen molar-refractivity contribution in [1.82, 2.24) is 15.0 Å². The second-order valence-corrected chi connectivity index (χ2v) is 4.18. The molecule has 2 rings (SSSR count). The van der Waals surface area contributed by atoms with Gasteiger partial charge >= 0.3 is 0 Å². The van der Waals surface area contributed by atoms with Crippen LogP contribution < -0.4 is 10.1 Å². The highest BCUT2D eigenvalue weighted by molar-refractivity contribution is 5.28. The number of anilines is 1. The van der Waals surface area contributed by atoms with Gasteiger partial charge in [0.1, 0.15) is 0 Å². The van der Waals surface area contributed by atoms with Crippen molar-refractivity contribution >= 4 is 5.95 Å². The lowest BCUT2D eigenvalue weighted by molar-refractivity contribution is 0.282. The summed E-state index contributed by atoms with van der Waals surface area (Å²) >= 11 is 0. The number of nitrogens with one attached hydrogen (secondary N) is 1. The largest absolute Gasteiger partial charge is 0.475 e. The maximum Gasteiger partial charge on any atom is 0.255 e. The Morgan fingerprint density at radius 2 is 2.10 bits per heavy atom. The Labute approximate surface area is 117 Å². The molecule has 1 N–H and O–H groups in total. The van der Waals surface area contributed by atoms with Gasteiger partial charge in [0.25, 0.3) is 5.88 Å². The summed E-state index contributed by atoms with van der Waals surface area (Å²) in [5.74, 6) is -0.181. The molecule has 0 unspecified atom stereocenters. The average Bonchev–Trinajstić information content (AvgIpc) is 2.48. The lowest BCUT2D eigenvalue weighted by Crippen LogP contribution is -2.07. The van der Waals surface area contributed by atoms with E-state index in [1.807, 2.05) is 19.1 Å². The van der Waals surface area contributed by atoms with Crippen molar-refractivity contribution in [2.75, 3.05) is 18.5 Å². The number of hydrogen-bond acceptors (Lipinski definition) is 5. The predicted octanol–water partition coefficient (Wildman–Crippen LogP) is 2.45. The first-order chi connectivity index (χ1) is 9.79. The second kappa shape index (κ2) is 7.37. The lowest BCUT2D eigenvalue weighted by Gasteiger charge is -2.08. The molecule has 20 heavy (non-hydrogen) atoms. The molecular formula is C14H17FN4O. The molecule has 5 nitrogen and oxygen atoms in total. The van der Waals surface area contributed by atoms with Gasteiger partial charge in [-0.15, -0.1) is 0 Å². The number of pyridine rings is 1. The zero-order chi connectivity index (χ0) is 14.2. The second-order valence-electron chi connectivity index (χ2n) is 4.18. The fraction of sp³-hybridized carbons (Fsp3) is 0.357. The summed E-state index contributed by atoms with van der Waals surface area (Å²) in [5, 5.41) is 2.92. The van der Waals surface area contributed by atoms with Gasteiger partial charge in [-0.1, -0.05) is 0 Å². The van der Waals surface area contributed by atoms with E-state index in [9.17, 15) is 4.39 Å². The molecule has 0 bridgehead atoms. The van der Waals surface area contributed by atoms with Crippen LogP contribution in [0.2, 0.25) is 0 Å². The molecule has 0 radical (unpaired) electrons. The van der Waals surface area contributed by atoms with Crippen molar-refractivity contribution in [3.05, 3.63) is 42.1 Å². The van der Waals surface area contributed by atoms with Crippen LogP contribution in [0, 0.1) is 5.82 Å². The Morgan fingerprint density at radius 1 is 1.30 bits per heavy atom. The first-order valence-corrected chi connectivity index (χ1v) is 6.57. The first kappa shape index (κ1) is 14.2. The molecule has 0 saturated carbocycles. The number of hydrogen-bond donors (Lipinski definition) is 1. The third-order valence-corrected chi connectivity index (χ3v) is 2.64. The topological polar surface area (TPSA) is 59.9 Å². The predicted molar refractivity (Wildman–Crippen MR) is 74.2 cm³/mol. The van der Waals surface area contributed by atoms with Gasteiger partial charge < -0.3 is 10.1 Å². The van der Waals surface area contributed by atoms with E-state index in [0.29, 0.717) is 19.1 Å². The van der Waals surface area contributed by atoms with Gasteiger partial charge in [0.2, 0.25) is 11.8 Å². The van der Waals surface area contributed by atoms with E-state index in [1.165, 1.54) is 5.56 Å². The number of halogens is 1. The fourth-order valence-electron chi connectivity index (χ4n) is 1.69. The zero-order valence-corrected chi connectivity index (χ0v) is 11.3.